The summed E-state index contributed by atoms with van der Waals surface area (Å²) < 4.78 is 13.7. The Morgan fingerprint density at radius 2 is 1.94 bits per heavy atom. The number of thioether (sulfide) groups is 1. The van der Waals surface area contributed by atoms with Crippen LogP contribution < -0.4 is 9.80 Å². The van der Waals surface area contributed by atoms with Crippen molar-refractivity contribution in [2.45, 2.75) is 44.9 Å². The van der Waals surface area contributed by atoms with Gasteiger partial charge in [-0.3, -0.25) is 0 Å². The molecule has 3 aromatic rings. The summed E-state index contributed by atoms with van der Waals surface area (Å²) in [4.78, 5) is 15.5. The van der Waals surface area contributed by atoms with E-state index in [0.29, 0.717) is 5.92 Å². The van der Waals surface area contributed by atoms with Crippen LogP contribution in [0.4, 0.5) is 21.8 Å². The second-order valence-corrected chi connectivity index (χ2v) is 9.78. The molecule has 0 fully saturated rings. The molecule has 6 heteroatoms. The van der Waals surface area contributed by atoms with Crippen LogP contribution in [-0.2, 0) is 0 Å². The van der Waals surface area contributed by atoms with E-state index >= 15 is 0 Å². The lowest BCUT2D eigenvalue weighted by Gasteiger charge is -2.30. The lowest BCUT2D eigenvalue weighted by atomic mass is 9.99. The molecule has 4 rings (SSSR count). The smallest absolute Gasteiger partial charge is 0.232 e. The molecule has 0 saturated heterocycles. The van der Waals surface area contributed by atoms with E-state index in [2.05, 4.69) is 67.2 Å². The molecule has 0 bridgehead atoms. The van der Waals surface area contributed by atoms with Crippen molar-refractivity contribution in [1.29, 1.82) is 0 Å². The molecular weight excluding hydrogens is 443 g/mol. The zero-order valence-electron chi connectivity index (χ0n) is 20.7. The minimum atomic E-state index is -0.192. The van der Waals surface area contributed by atoms with Crippen LogP contribution in [0, 0.1) is 12.7 Å². The predicted molar refractivity (Wildman–Crippen MR) is 143 cm³/mol. The SMILES string of the molecule is CCN(c1nc(C)cc(N2CC=C(c3cccc(F)c3)CC2)n1)c1ccc(C(C)C)cc1SC. The molecule has 0 spiro atoms. The van der Waals surface area contributed by atoms with Gasteiger partial charge in [-0.1, -0.05) is 38.1 Å². The van der Waals surface area contributed by atoms with E-state index in [0.717, 1.165) is 54.8 Å². The van der Waals surface area contributed by atoms with Crippen molar-refractivity contribution in [2.75, 3.05) is 35.7 Å². The molecule has 0 radical (unpaired) electrons. The third-order valence-electron chi connectivity index (χ3n) is 6.28. The third-order valence-corrected chi connectivity index (χ3v) is 7.04. The van der Waals surface area contributed by atoms with Gasteiger partial charge in [-0.25, -0.2) is 9.37 Å². The van der Waals surface area contributed by atoms with Crippen LogP contribution in [0.25, 0.3) is 5.57 Å². The average molecular weight is 477 g/mol. The highest BCUT2D eigenvalue weighted by atomic mass is 32.2. The summed E-state index contributed by atoms with van der Waals surface area (Å²) in [5.74, 6) is 1.95. The zero-order chi connectivity index (χ0) is 24.2. The molecule has 178 valence electrons. The number of rotatable bonds is 7. The molecule has 0 aliphatic carbocycles. The molecule has 34 heavy (non-hydrogen) atoms. The van der Waals surface area contributed by atoms with Crippen LogP contribution in [0.5, 0.6) is 0 Å². The summed E-state index contributed by atoms with van der Waals surface area (Å²) in [5, 5.41) is 0. The van der Waals surface area contributed by atoms with E-state index in [9.17, 15) is 4.39 Å². The van der Waals surface area contributed by atoms with Crippen LogP contribution in [0.15, 0.2) is 59.5 Å². The monoisotopic (exact) mass is 476 g/mol. The Morgan fingerprint density at radius 1 is 1.12 bits per heavy atom. The summed E-state index contributed by atoms with van der Waals surface area (Å²) >= 11 is 1.76. The van der Waals surface area contributed by atoms with Gasteiger partial charge < -0.3 is 9.80 Å². The Morgan fingerprint density at radius 3 is 2.59 bits per heavy atom. The Hall–Kier alpha value is -2.86. The van der Waals surface area contributed by atoms with E-state index in [-0.39, 0.29) is 5.82 Å². The molecule has 2 heterocycles. The lowest BCUT2D eigenvalue weighted by Crippen LogP contribution is -2.30. The largest absolute Gasteiger partial charge is 0.352 e. The maximum atomic E-state index is 13.7. The first kappa shape index (κ1) is 24.3. The fourth-order valence-corrected chi connectivity index (χ4v) is 4.98. The van der Waals surface area contributed by atoms with Gasteiger partial charge in [-0.05, 0) is 73.4 Å². The number of nitrogens with zero attached hydrogens (tertiary/aromatic N) is 4. The highest BCUT2D eigenvalue weighted by Gasteiger charge is 2.20. The second-order valence-electron chi connectivity index (χ2n) is 8.93. The second kappa shape index (κ2) is 10.6. The third kappa shape index (κ3) is 5.27. The first-order valence-electron chi connectivity index (χ1n) is 11.9. The van der Waals surface area contributed by atoms with Crippen molar-refractivity contribution in [2.24, 2.45) is 0 Å². The number of aryl methyl sites for hydroxylation is 1. The molecular formula is C28H33FN4S. The molecule has 0 atom stereocenters. The Labute approximate surface area is 206 Å². The molecule has 1 aliphatic rings. The summed E-state index contributed by atoms with van der Waals surface area (Å²) in [6.07, 6.45) is 5.16. The van der Waals surface area contributed by atoms with Crippen LogP contribution in [0.3, 0.4) is 0 Å². The zero-order valence-corrected chi connectivity index (χ0v) is 21.5. The van der Waals surface area contributed by atoms with E-state index in [1.54, 1.807) is 23.9 Å². The van der Waals surface area contributed by atoms with E-state index in [1.165, 1.54) is 22.1 Å². The predicted octanol–water partition coefficient (Wildman–Crippen LogP) is 7.22. The van der Waals surface area contributed by atoms with Gasteiger partial charge in [0.15, 0.2) is 0 Å². The van der Waals surface area contributed by atoms with Crippen molar-refractivity contribution in [3.8, 4) is 0 Å². The van der Waals surface area contributed by atoms with Crippen LogP contribution in [-0.4, -0.2) is 35.9 Å². The van der Waals surface area contributed by atoms with Gasteiger partial charge in [0.05, 0.1) is 5.69 Å². The molecule has 0 N–H and O–H groups in total. The van der Waals surface area contributed by atoms with Gasteiger partial charge in [-0.2, -0.15) is 4.98 Å². The van der Waals surface area contributed by atoms with Gasteiger partial charge in [0, 0.05) is 36.3 Å². The minimum Gasteiger partial charge on any atom is -0.352 e. The highest BCUT2D eigenvalue weighted by Crippen LogP contribution is 2.35. The highest BCUT2D eigenvalue weighted by molar-refractivity contribution is 7.98. The fourth-order valence-electron chi connectivity index (χ4n) is 4.34. The number of hydrogen-bond donors (Lipinski definition) is 0. The number of benzene rings is 2. The molecule has 0 amide bonds. The maximum Gasteiger partial charge on any atom is 0.232 e. The maximum absolute atomic E-state index is 13.7. The summed E-state index contributed by atoms with van der Waals surface area (Å²) in [7, 11) is 0. The van der Waals surface area contributed by atoms with Crippen molar-refractivity contribution < 1.29 is 4.39 Å². The van der Waals surface area contributed by atoms with Gasteiger partial charge >= 0.3 is 0 Å². The summed E-state index contributed by atoms with van der Waals surface area (Å²) in [6.45, 7) is 11.0. The molecule has 0 saturated carbocycles. The number of hydrogen-bond acceptors (Lipinski definition) is 5. The van der Waals surface area contributed by atoms with E-state index < -0.39 is 0 Å². The topological polar surface area (TPSA) is 32.3 Å². The van der Waals surface area contributed by atoms with Crippen molar-refractivity contribution >= 4 is 34.8 Å². The molecule has 0 unspecified atom stereocenters. The summed E-state index contributed by atoms with van der Waals surface area (Å²) in [5.41, 5.74) is 5.58. The van der Waals surface area contributed by atoms with E-state index in [4.69, 9.17) is 9.97 Å². The standard InChI is InChI=1S/C28H33FN4S/c1-6-33(25-11-10-22(19(2)3)18-26(25)34-5)28-30-20(4)16-27(31-28)32-14-12-21(13-15-32)23-8-7-9-24(29)17-23/h7-12,16-19H,6,13-15H2,1-5H3. The molecule has 1 aliphatic heterocycles. The Kier molecular flexibility index (Phi) is 7.57. The van der Waals surface area contributed by atoms with Gasteiger partial charge in [0.25, 0.3) is 0 Å². The quantitative estimate of drug-likeness (QED) is 0.336. The molecule has 4 nitrogen and oxygen atoms in total. The number of aromatic nitrogens is 2. The molecule has 1 aromatic heterocycles. The van der Waals surface area contributed by atoms with Crippen molar-refractivity contribution in [1.82, 2.24) is 9.97 Å². The molecule has 2 aromatic carbocycles. The van der Waals surface area contributed by atoms with Gasteiger partial charge in [-0.15, -0.1) is 11.8 Å². The fraction of sp³-hybridized carbons (Fsp3) is 0.357. The van der Waals surface area contributed by atoms with Crippen LogP contribution >= 0.6 is 11.8 Å². The van der Waals surface area contributed by atoms with Crippen molar-refractivity contribution in [3.63, 3.8) is 0 Å². The first-order valence-corrected chi connectivity index (χ1v) is 13.1. The first-order chi connectivity index (χ1) is 16.4. The number of halogens is 1. The Bertz CT molecular complexity index is 1190. The number of anilines is 3. The van der Waals surface area contributed by atoms with Gasteiger partial charge in [0.2, 0.25) is 5.95 Å². The van der Waals surface area contributed by atoms with Crippen LogP contribution in [0.2, 0.25) is 0 Å². The average Bonchev–Trinajstić information content (AvgIpc) is 2.84. The normalized spacial score (nSPS) is 13.9. The Balaban J connectivity index is 1.62. The lowest BCUT2D eigenvalue weighted by molar-refractivity contribution is 0.627. The van der Waals surface area contributed by atoms with E-state index in [1.807, 2.05) is 13.0 Å². The van der Waals surface area contributed by atoms with Gasteiger partial charge in [0.1, 0.15) is 11.6 Å². The van der Waals surface area contributed by atoms with Crippen molar-refractivity contribution in [3.05, 3.63) is 77.2 Å². The van der Waals surface area contributed by atoms with Crippen LogP contribution in [0.1, 0.15) is 49.9 Å². The summed E-state index contributed by atoms with van der Waals surface area (Å²) in [6, 6.07) is 15.6. The minimum absolute atomic E-state index is 0.192.